The Kier molecular flexibility index (Phi) is 7.75. The zero-order valence-corrected chi connectivity index (χ0v) is 14.4. The summed E-state index contributed by atoms with van der Waals surface area (Å²) in [5.41, 5.74) is 0. The molecule has 1 saturated heterocycles. The maximum atomic E-state index is 12.1. The van der Waals surface area contributed by atoms with Gasteiger partial charge in [-0.05, 0) is 12.8 Å². The Morgan fingerprint density at radius 2 is 1.65 bits per heavy atom. The van der Waals surface area contributed by atoms with E-state index in [0.717, 1.165) is 10.8 Å². The molecule has 1 heterocycles. The minimum atomic E-state index is -0.623. The number of amides is 2. The number of hydrogen-bond acceptors (Lipinski definition) is 4. The zero-order chi connectivity index (χ0) is 15.1. The predicted molar refractivity (Wildman–Crippen MR) is 84.8 cm³/mol. The summed E-state index contributed by atoms with van der Waals surface area (Å²) in [6.07, 6.45) is 1.68. The van der Waals surface area contributed by atoms with E-state index in [1.807, 2.05) is 13.8 Å². The maximum absolute atomic E-state index is 12.1. The van der Waals surface area contributed by atoms with Gasteiger partial charge in [-0.3, -0.25) is 9.59 Å². The number of aliphatic hydroxyl groups excluding tert-OH is 1. The number of carbonyl (C=O) groups excluding carboxylic acids is 2. The quantitative estimate of drug-likeness (QED) is 0.540. The monoisotopic (exact) mass is 397 g/mol. The standard InChI is InChI=1S/C13H24IN3O3/c1-3-5-12(19)16-8-15(11(18)4-2)9-17(10-16)13(20)6-7-14/h11,18H,3-10H2,1-2H3. The molecular formula is C13H24IN3O3. The molecule has 1 atom stereocenters. The Morgan fingerprint density at radius 1 is 1.10 bits per heavy atom. The average Bonchev–Trinajstić information content (AvgIpc) is 2.46. The van der Waals surface area contributed by atoms with Crippen LogP contribution < -0.4 is 0 Å². The van der Waals surface area contributed by atoms with Crippen LogP contribution in [0.5, 0.6) is 0 Å². The normalized spacial score (nSPS) is 18.2. The number of rotatable bonds is 6. The molecule has 6 nitrogen and oxygen atoms in total. The van der Waals surface area contributed by atoms with Crippen molar-refractivity contribution < 1.29 is 14.7 Å². The first-order chi connectivity index (χ1) is 9.53. The Labute approximate surface area is 134 Å². The van der Waals surface area contributed by atoms with Gasteiger partial charge in [-0.25, -0.2) is 4.90 Å². The van der Waals surface area contributed by atoms with Crippen molar-refractivity contribution in [1.29, 1.82) is 0 Å². The van der Waals surface area contributed by atoms with Gasteiger partial charge in [0.1, 0.15) is 6.23 Å². The molecule has 1 N–H and O–H groups in total. The van der Waals surface area contributed by atoms with Crippen molar-refractivity contribution >= 4 is 34.4 Å². The smallest absolute Gasteiger partial charge is 0.225 e. The highest BCUT2D eigenvalue weighted by Crippen LogP contribution is 2.14. The van der Waals surface area contributed by atoms with Crippen LogP contribution in [-0.4, -0.2) is 62.3 Å². The summed E-state index contributed by atoms with van der Waals surface area (Å²) >= 11 is 2.17. The number of hydrogen-bond donors (Lipinski definition) is 1. The van der Waals surface area contributed by atoms with Crippen molar-refractivity contribution in [2.24, 2.45) is 0 Å². The van der Waals surface area contributed by atoms with Gasteiger partial charge < -0.3 is 14.9 Å². The van der Waals surface area contributed by atoms with Gasteiger partial charge in [0, 0.05) is 17.3 Å². The lowest BCUT2D eigenvalue weighted by Gasteiger charge is -2.43. The first-order valence-corrected chi connectivity index (χ1v) is 8.59. The number of alkyl halides is 1. The first-order valence-electron chi connectivity index (χ1n) is 7.07. The summed E-state index contributed by atoms with van der Waals surface area (Å²) in [5, 5.41) is 9.99. The molecule has 0 saturated carbocycles. The van der Waals surface area contributed by atoms with Crippen molar-refractivity contribution in [1.82, 2.24) is 14.7 Å². The average molecular weight is 397 g/mol. The van der Waals surface area contributed by atoms with Crippen molar-refractivity contribution in [3.63, 3.8) is 0 Å². The Morgan fingerprint density at radius 3 is 2.10 bits per heavy atom. The van der Waals surface area contributed by atoms with Gasteiger partial charge in [-0.1, -0.05) is 36.4 Å². The van der Waals surface area contributed by atoms with E-state index in [2.05, 4.69) is 22.6 Å². The van der Waals surface area contributed by atoms with Gasteiger partial charge >= 0.3 is 0 Å². The SMILES string of the molecule is CCCC(=O)N1CN(C(=O)CCI)CN(C(O)CC)C1. The third-order valence-corrected chi connectivity index (χ3v) is 3.85. The van der Waals surface area contributed by atoms with Crippen molar-refractivity contribution in [3.05, 3.63) is 0 Å². The molecule has 1 rings (SSSR count). The minimum absolute atomic E-state index is 0.0294. The van der Waals surface area contributed by atoms with Crippen LogP contribution in [0.4, 0.5) is 0 Å². The van der Waals surface area contributed by atoms with Crippen molar-refractivity contribution in [2.75, 3.05) is 24.4 Å². The highest BCUT2D eigenvalue weighted by molar-refractivity contribution is 14.1. The number of aliphatic hydroxyl groups is 1. The summed E-state index contributed by atoms with van der Waals surface area (Å²) in [7, 11) is 0. The molecule has 0 spiro atoms. The molecule has 0 aromatic carbocycles. The van der Waals surface area contributed by atoms with Gasteiger partial charge in [0.05, 0.1) is 20.0 Å². The summed E-state index contributed by atoms with van der Waals surface area (Å²) in [6, 6.07) is 0. The fraction of sp³-hybridized carbons (Fsp3) is 0.846. The van der Waals surface area contributed by atoms with E-state index in [0.29, 0.717) is 39.3 Å². The second kappa shape index (κ2) is 8.78. The Hall–Kier alpha value is -0.410. The van der Waals surface area contributed by atoms with E-state index >= 15 is 0 Å². The third-order valence-electron chi connectivity index (χ3n) is 3.31. The van der Waals surface area contributed by atoms with Crippen LogP contribution >= 0.6 is 22.6 Å². The molecule has 0 aromatic rings. The highest BCUT2D eigenvalue weighted by Gasteiger charge is 2.31. The van der Waals surface area contributed by atoms with E-state index in [1.165, 1.54) is 0 Å². The molecule has 1 aliphatic rings. The summed E-state index contributed by atoms with van der Waals surface area (Å²) in [6.45, 7) is 4.96. The largest absolute Gasteiger partial charge is 0.378 e. The van der Waals surface area contributed by atoms with E-state index in [-0.39, 0.29) is 11.8 Å². The highest BCUT2D eigenvalue weighted by atomic mass is 127. The molecule has 7 heteroatoms. The van der Waals surface area contributed by atoms with Crippen LogP contribution in [0, 0.1) is 0 Å². The van der Waals surface area contributed by atoms with Crippen LogP contribution in [0.2, 0.25) is 0 Å². The van der Waals surface area contributed by atoms with E-state index in [4.69, 9.17) is 0 Å². The van der Waals surface area contributed by atoms with Gasteiger partial charge in [0.25, 0.3) is 0 Å². The van der Waals surface area contributed by atoms with E-state index < -0.39 is 6.23 Å². The summed E-state index contributed by atoms with van der Waals surface area (Å²) in [4.78, 5) is 29.2. The first kappa shape index (κ1) is 17.6. The second-order valence-corrected chi connectivity index (χ2v) is 6.04. The molecule has 0 radical (unpaired) electrons. The molecule has 1 fully saturated rings. The molecule has 1 unspecified atom stereocenters. The summed E-state index contributed by atoms with van der Waals surface area (Å²) in [5.74, 6) is 0.0643. The van der Waals surface area contributed by atoms with E-state index in [1.54, 1.807) is 14.7 Å². The van der Waals surface area contributed by atoms with Gasteiger partial charge in [-0.2, -0.15) is 0 Å². The topological polar surface area (TPSA) is 64.1 Å². The molecule has 20 heavy (non-hydrogen) atoms. The van der Waals surface area contributed by atoms with Gasteiger partial charge in [-0.15, -0.1) is 0 Å². The number of halogens is 1. The molecule has 0 bridgehead atoms. The van der Waals surface area contributed by atoms with Gasteiger partial charge in [0.15, 0.2) is 0 Å². The lowest BCUT2D eigenvalue weighted by Crippen LogP contribution is -2.60. The zero-order valence-electron chi connectivity index (χ0n) is 12.2. The third kappa shape index (κ3) is 4.85. The van der Waals surface area contributed by atoms with Crippen molar-refractivity contribution in [3.8, 4) is 0 Å². The van der Waals surface area contributed by atoms with Crippen LogP contribution in [0.15, 0.2) is 0 Å². The van der Waals surface area contributed by atoms with Crippen LogP contribution in [-0.2, 0) is 9.59 Å². The maximum Gasteiger partial charge on any atom is 0.225 e. The molecule has 0 aliphatic carbocycles. The molecule has 0 aromatic heterocycles. The van der Waals surface area contributed by atoms with Crippen LogP contribution in [0.25, 0.3) is 0 Å². The molecule has 116 valence electrons. The lowest BCUT2D eigenvalue weighted by molar-refractivity contribution is -0.162. The second-order valence-electron chi connectivity index (χ2n) is 4.96. The van der Waals surface area contributed by atoms with E-state index in [9.17, 15) is 14.7 Å². The van der Waals surface area contributed by atoms with Crippen LogP contribution in [0.1, 0.15) is 39.5 Å². The molecule has 1 aliphatic heterocycles. The summed E-state index contributed by atoms with van der Waals surface area (Å²) < 4.78 is 0.756. The Balaban J connectivity index is 2.76. The number of nitrogens with zero attached hydrogens (tertiary/aromatic N) is 3. The molecule has 2 amide bonds. The fourth-order valence-electron chi connectivity index (χ4n) is 2.15. The molecular weight excluding hydrogens is 373 g/mol. The van der Waals surface area contributed by atoms with Crippen LogP contribution in [0.3, 0.4) is 0 Å². The minimum Gasteiger partial charge on any atom is -0.378 e. The Bertz CT molecular complexity index is 315. The lowest BCUT2D eigenvalue weighted by atomic mass is 10.3. The fourth-order valence-corrected chi connectivity index (χ4v) is 2.61. The van der Waals surface area contributed by atoms with Gasteiger partial charge in [0.2, 0.25) is 11.8 Å². The predicted octanol–water partition coefficient (Wildman–Crippen LogP) is 1.19. The number of carbonyl (C=O) groups is 2. The van der Waals surface area contributed by atoms with Crippen molar-refractivity contribution in [2.45, 2.75) is 45.8 Å².